The van der Waals surface area contributed by atoms with E-state index in [0.717, 1.165) is 36.1 Å². The molecule has 0 fully saturated rings. The van der Waals surface area contributed by atoms with E-state index in [-0.39, 0.29) is 11.1 Å². The van der Waals surface area contributed by atoms with Gasteiger partial charge in [-0.1, -0.05) is 36.2 Å². The molecule has 0 spiro atoms. The normalized spacial score (nSPS) is 13.6. The Morgan fingerprint density at radius 1 is 1.18 bits per heavy atom. The summed E-state index contributed by atoms with van der Waals surface area (Å²) in [5.74, 6) is -0.396. The number of nitrogens with zero attached hydrogens (tertiary/aromatic N) is 2. The zero-order valence-corrected chi connectivity index (χ0v) is 16.7. The molecule has 1 aromatic carbocycles. The van der Waals surface area contributed by atoms with Crippen LogP contribution in [0.1, 0.15) is 51.3 Å². The Kier molecular flexibility index (Phi) is 5.39. The molecule has 0 saturated heterocycles. The number of nitrogens with one attached hydrogen (secondary N) is 1. The Hall–Kier alpha value is -2.73. The summed E-state index contributed by atoms with van der Waals surface area (Å²) in [6, 6.07) is 11.3. The minimum atomic E-state index is -0.396. The van der Waals surface area contributed by atoms with Crippen molar-refractivity contribution in [1.82, 2.24) is 9.55 Å². The molecule has 2 aromatic heterocycles. The summed E-state index contributed by atoms with van der Waals surface area (Å²) >= 11 is 1.53. The number of aryl methyl sites for hydroxylation is 3. The van der Waals surface area contributed by atoms with Crippen LogP contribution in [-0.4, -0.2) is 15.5 Å². The fourth-order valence-corrected chi connectivity index (χ4v) is 4.63. The summed E-state index contributed by atoms with van der Waals surface area (Å²) in [4.78, 5) is 31.4. The lowest BCUT2D eigenvalue weighted by Gasteiger charge is -2.08. The maximum atomic E-state index is 12.8. The van der Waals surface area contributed by atoms with E-state index in [4.69, 9.17) is 0 Å². The molecule has 0 unspecified atom stereocenters. The second kappa shape index (κ2) is 8.10. The molecule has 0 bridgehead atoms. The maximum absolute atomic E-state index is 12.8. The molecule has 0 radical (unpaired) electrons. The van der Waals surface area contributed by atoms with Gasteiger partial charge in [-0.2, -0.15) is 0 Å². The summed E-state index contributed by atoms with van der Waals surface area (Å²) in [6.45, 7) is 2.46. The highest BCUT2D eigenvalue weighted by Crippen LogP contribution is 2.29. The summed E-state index contributed by atoms with van der Waals surface area (Å²) in [5, 5.41) is 3.42. The van der Waals surface area contributed by atoms with Gasteiger partial charge in [0.1, 0.15) is 5.56 Å². The Balaban J connectivity index is 1.54. The Morgan fingerprint density at radius 2 is 2.04 bits per heavy atom. The number of pyridine rings is 1. The molecule has 1 N–H and O–H groups in total. The van der Waals surface area contributed by atoms with Gasteiger partial charge in [-0.15, -0.1) is 11.3 Å². The van der Waals surface area contributed by atoms with Crippen LogP contribution in [-0.2, 0) is 19.4 Å². The lowest BCUT2D eigenvalue weighted by Crippen LogP contribution is -2.29. The fraction of sp³-hybridized carbons (Fsp3) is 0.318. The molecule has 2 heterocycles. The average Bonchev–Trinajstić information content (AvgIpc) is 2.91. The maximum Gasteiger partial charge on any atom is 0.263 e. The molecular weight excluding hydrogens is 370 g/mol. The number of anilines is 1. The van der Waals surface area contributed by atoms with Crippen molar-refractivity contribution in [3.63, 3.8) is 0 Å². The van der Waals surface area contributed by atoms with E-state index in [1.54, 1.807) is 22.9 Å². The first-order chi connectivity index (χ1) is 13.6. The molecule has 0 atom stereocenters. The topological polar surface area (TPSA) is 64.0 Å². The summed E-state index contributed by atoms with van der Waals surface area (Å²) in [5.41, 5.74) is 3.12. The third-order valence-electron chi connectivity index (χ3n) is 5.02. The van der Waals surface area contributed by atoms with Crippen LogP contribution in [0.25, 0.3) is 0 Å². The van der Waals surface area contributed by atoms with Gasteiger partial charge in [0.05, 0.1) is 12.2 Å². The number of hydrogen-bond acceptors (Lipinski definition) is 4. The van der Waals surface area contributed by atoms with Gasteiger partial charge >= 0.3 is 0 Å². The number of rotatable bonds is 4. The van der Waals surface area contributed by atoms with Crippen LogP contribution in [0.15, 0.2) is 47.4 Å². The molecule has 4 rings (SSSR count). The molecule has 28 heavy (non-hydrogen) atoms. The van der Waals surface area contributed by atoms with E-state index in [9.17, 15) is 9.59 Å². The van der Waals surface area contributed by atoms with Crippen molar-refractivity contribution in [2.45, 2.75) is 45.6 Å². The first-order valence-corrected chi connectivity index (χ1v) is 10.5. The molecule has 0 saturated carbocycles. The van der Waals surface area contributed by atoms with Crippen molar-refractivity contribution < 1.29 is 4.79 Å². The third kappa shape index (κ3) is 4.07. The molecule has 0 aliphatic heterocycles. The van der Waals surface area contributed by atoms with E-state index >= 15 is 0 Å². The van der Waals surface area contributed by atoms with Gasteiger partial charge in [0.15, 0.2) is 5.13 Å². The third-order valence-corrected chi connectivity index (χ3v) is 6.09. The largest absolute Gasteiger partial charge is 0.310 e. The molecule has 1 amide bonds. The summed E-state index contributed by atoms with van der Waals surface area (Å²) < 4.78 is 1.57. The van der Waals surface area contributed by atoms with Crippen LogP contribution in [0.2, 0.25) is 0 Å². The van der Waals surface area contributed by atoms with Crippen molar-refractivity contribution in [3.8, 4) is 0 Å². The predicted octanol–water partition coefficient (Wildman–Crippen LogP) is 4.18. The SMILES string of the molecule is Cc1cccc(Cn2cccc(C(=O)Nc3nc4c(s3)CCCCC4)c2=O)c1. The zero-order valence-electron chi connectivity index (χ0n) is 15.9. The number of thiazole rings is 1. The molecule has 5 nitrogen and oxygen atoms in total. The quantitative estimate of drug-likeness (QED) is 0.676. The van der Waals surface area contributed by atoms with Crippen LogP contribution in [0.3, 0.4) is 0 Å². The van der Waals surface area contributed by atoms with Crippen molar-refractivity contribution in [1.29, 1.82) is 0 Å². The standard InChI is InChI=1S/C22H23N3O2S/c1-15-7-5-8-16(13-15)14-25-12-6-9-17(21(25)27)20(26)24-22-23-18-10-3-2-4-11-19(18)28-22/h5-9,12-13H,2-4,10-11,14H2,1H3,(H,23,24,26). The highest BCUT2D eigenvalue weighted by atomic mass is 32.1. The highest BCUT2D eigenvalue weighted by Gasteiger charge is 2.18. The van der Waals surface area contributed by atoms with Crippen LogP contribution < -0.4 is 10.9 Å². The molecular formula is C22H23N3O2S. The van der Waals surface area contributed by atoms with E-state index < -0.39 is 5.91 Å². The molecule has 1 aliphatic carbocycles. The number of aromatic nitrogens is 2. The van der Waals surface area contributed by atoms with Crippen LogP contribution in [0, 0.1) is 6.92 Å². The second-order valence-electron chi connectivity index (χ2n) is 7.25. The summed E-state index contributed by atoms with van der Waals surface area (Å²) in [6.07, 6.45) is 7.26. The predicted molar refractivity (Wildman–Crippen MR) is 112 cm³/mol. The number of amides is 1. The van der Waals surface area contributed by atoms with Gasteiger partial charge in [0.2, 0.25) is 0 Å². The first kappa shape index (κ1) is 18.6. The fourth-order valence-electron chi connectivity index (χ4n) is 3.59. The first-order valence-electron chi connectivity index (χ1n) is 9.65. The Morgan fingerprint density at radius 3 is 2.89 bits per heavy atom. The van der Waals surface area contributed by atoms with Crippen LogP contribution in [0.5, 0.6) is 0 Å². The van der Waals surface area contributed by atoms with E-state index in [1.807, 2.05) is 31.2 Å². The average molecular weight is 394 g/mol. The van der Waals surface area contributed by atoms with E-state index in [1.165, 1.54) is 29.1 Å². The minimum absolute atomic E-state index is 0.139. The smallest absolute Gasteiger partial charge is 0.263 e. The zero-order chi connectivity index (χ0) is 19.5. The second-order valence-corrected chi connectivity index (χ2v) is 8.33. The van der Waals surface area contributed by atoms with Crippen molar-refractivity contribution in [3.05, 3.63) is 80.2 Å². The molecule has 3 aromatic rings. The Bertz CT molecular complexity index is 1040. The lowest BCUT2D eigenvalue weighted by molar-refractivity contribution is 0.102. The minimum Gasteiger partial charge on any atom is -0.310 e. The van der Waals surface area contributed by atoms with E-state index in [2.05, 4.69) is 10.3 Å². The van der Waals surface area contributed by atoms with Gasteiger partial charge in [-0.05, 0) is 50.3 Å². The van der Waals surface area contributed by atoms with Gasteiger partial charge in [-0.3, -0.25) is 14.9 Å². The highest BCUT2D eigenvalue weighted by molar-refractivity contribution is 7.15. The number of fused-ring (bicyclic) bond motifs is 1. The van der Waals surface area contributed by atoms with Gasteiger partial charge in [0.25, 0.3) is 11.5 Å². The molecule has 144 valence electrons. The number of benzene rings is 1. The number of carbonyl (C=O) groups is 1. The lowest BCUT2D eigenvalue weighted by atomic mass is 10.1. The number of hydrogen-bond donors (Lipinski definition) is 1. The van der Waals surface area contributed by atoms with Gasteiger partial charge in [-0.25, -0.2) is 4.98 Å². The van der Waals surface area contributed by atoms with E-state index in [0.29, 0.717) is 11.7 Å². The summed E-state index contributed by atoms with van der Waals surface area (Å²) in [7, 11) is 0. The van der Waals surface area contributed by atoms with Gasteiger partial charge in [0, 0.05) is 11.1 Å². The monoisotopic (exact) mass is 393 g/mol. The Labute approximate surface area is 168 Å². The molecule has 6 heteroatoms. The number of carbonyl (C=O) groups excluding carboxylic acids is 1. The van der Waals surface area contributed by atoms with Crippen molar-refractivity contribution >= 4 is 22.4 Å². The van der Waals surface area contributed by atoms with Crippen LogP contribution in [0.4, 0.5) is 5.13 Å². The molecule has 1 aliphatic rings. The van der Waals surface area contributed by atoms with Crippen molar-refractivity contribution in [2.24, 2.45) is 0 Å². The van der Waals surface area contributed by atoms with Crippen LogP contribution >= 0.6 is 11.3 Å². The van der Waals surface area contributed by atoms with Gasteiger partial charge < -0.3 is 4.57 Å². The van der Waals surface area contributed by atoms with Crippen molar-refractivity contribution in [2.75, 3.05) is 5.32 Å².